The molecule has 0 aromatic carbocycles. The summed E-state index contributed by atoms with van der Waals surface area (Å²) in [6.45, 7) is 4.06. The number of aryl methyl sites for hydroxylation is 1. The molecule has 0 aliphatic carbocycles. The summed E-state index contributed by atoms with van der Waals surface area (Å²) in [5.74, 6) is 0.929. The molecule has 0 aliphatic heterocycles. The van der Waals surface area contributed by atoms with Crippen LogP contribution in [-0.4, -0.2) is 31.2 Å². The van der Waals surface area contributed by atoms with Crippen molar-refractivity contribution in [3.8, 4) is 11.5 Å². The van der Waals surface area contributed by atoms with Crippen molar-refractivity contribution in [2.75, 3.05) is 5.32 Å². The summed E-state index contributed by atoms with van der Waals surface area (Å²) in [5, 5.41) is 16.0. The van der Waals surface area contributed by atoms with Crippen molar-refractivity contribution in [3.63, 3.8) is 0 Å². The number of hydrogen-bond donors (Lipinski definition) is 1. The molecule has 9 heteroatoms. The van der Waals surface area contributed by atoms with E-state index in [1.807, 2.05) is 26.0 Å². The van der Waals surface area contributed by atoms with Gasteiger partial charge < -0.3 is 9.84 Å². The molecule has 1 N–H and O–H groups in total. The Bertz CT molecular complexity index is 814. The van der Waals surface area contributed by atoms with Crippen LogP contribution in [0.5, 0.6) is 0 Å². The van der Waals surface area contributed by atoms with Gasteiger partial charge in [-0.1, -0.05) is 36.4 Å². The van der Waals surface area contributed by atoms with E-state index in [1.165, 1.54) is 11.3 Å². The minimum absolute atomic E-state index is 0.168. The number of hydrogen-bond acceptors (Lipinski definition) is 8. The molecular weight excluding hydrogens is 328 g/mol. The molecule has 1 amide bonds. The van der Waals surface area contributed by atoms with Crippen LogP contribution in [0.3, 0.4) is 0 Å². The summed E-state index contributed by atoms with van der Waals surface area (Å²) in [6, 6.07) is 5.45. The summed E-state index contributed by atoms with van der Waals surface area (Å²) in [5.41, 5.74) is 0.632. The van der Waals surface area contributed by atoms with E-state index in [0.29, 0.717) is 29.0 Å². The maximum Gasteiger partial charge on any atom is 0.227 e. The highest BCUT2D eigenvalue weighted by Gasteiger charge is 2.13. The molecule has 8 nitrogen and oxygen atoms in total. The van der Waals surface area contributed by atoms with Gasteiger partial charge >= 0.3 is 0 Å². The molecule has 124 valence electrons. The summed E-state index contributed by atoms with van der Waals surface area (Å²) in [7, 11) is 0. The molecule has 3 rings (SSSR count). The molecule has 0 spiro atoms. The smallest absolute Gasteiger partial charge is 0.227 e. The zero-order valence-electron chi connectivity index (χ0n) is 13.3. The second kappa shape index (κ2) is 7.26. The Hall–Kier alpha value is -2.68. The second-order valence-corrected chi connectivity index (χ2v) is 6.38. The van der Waals surface area contributed by atoms with Crippen LogP contribution in [0.2, 0.25) is 0 Å². The van der Waals surface area contributed by atoms with Crippen LogP contribution in [0.25, 0.3) is 11.5 Å². The van der Waals surface area contributed by atoms with Gasteiger partial charge in [-0.05, 0) is 12.1 Å². The third-order valence-corrected chi connectivity index (χ3v) is 4.25. The number of aromatic nitrogens is 5. The van der Waals surface area contributed by atoms with E-state index < -0.39 is 0 Å². The predicted octanol–water partition coefficient (Wildman–Crippen LogP) is 2.68. The standard InChI is InChI=1S/C15H16N6O2S/c1-9(2)14-19-20-15(24-14)17-11(22)6-7-12-18-13(21-23-12)10-5-3-4-8-16-10/h3-5,8-9H,6-7H2,1-2H3,(H,17,20,22). The Morgan fingerprint density at radius 3 is 2.92 bits per heavy atom. The van der Waals surface area contributed by atoms with Gasteiger partial charge in [-0.25, -0.2) is 0 Å². The van der Waals surface area contributed by atoms with E-state index in [0.717, 1.165) is 5.01 Å². The van der Waals surface area contributed by atoms with Gasteiger partial charge in [0.1, 0.15) is 10.7 Å². The third-order valence-electron chi connectivity index (χ3n) is 3.11. The monoisotopic (exact) mass is 344 g/mol. The summed E-state index contributed by atoms with van der Waals surface area (Å²) >= 11 is 1.38. The topological polar surface area (TPSA) is 107 Å². The van der Waals surface area contributed by atoms with Gasteiger partial charge in [0.05, 0.1) is 0 Å². The fourth-order valence-corrected chi connectivity index (χ4v) is 2.64. The number of anilines is 1. The highest BCUT2D eigenvalue weighted by molar-refractivity contribution is 7.15. The normalized spacial score (nSPS) is 11.0. The van der Waals surface area contributed by atoms with Gasteiger partial charge in [-0.3, -0.25) is 9.78 Å². The first-order valence-electron chi connectivity index (χ1n) is 7.49. The molecule has 0 saturated heterocycles. The summed E-state index contributed by atoms with van der Waals surface area (Å²) in [4.78, 5) is 20.4. The predicted molar refractivity (Wildman–Crippen MR) is 88.5 cm³/mol. The van der Waals surface area contributed by atoms with Crippen LogP contribution in [0.4, 0.5) is 5.13 Å². The number of carbonyl (C=O) groups is 1. The van der Waals surface area contributed by atoms with Gasteiger partial charge in [-0.15, -0.1) is 10.2 Å². The largest absolute Gasteiger partial charge is 0.339 e. The van der Waals surface area contributed by atoms with E-state index in [2.05, 4.69) is 30.6 Å². The lowest BCUT2D eigenvalue weighted by Crippen LogP contribution is -2.12. The first kappa shape index (κ1) is 16.2. The summed E-state index contributed by atoms with van der Waals surface area (Å²) < 4.78 is 5.15. The van der Waals surface area contributed by atoms with Crippen LogP contribution < -0.4 is 5.32 Å². The van der Waals surface area contributed by atoms with Gasteiger partial charge in [0, 0.05) is 25.0 Å². The average Bonchev–Trinajstić information content (AvgIpc) is 3.23. The summed E-state index contributed by atoms with van der Waals surface area (Å²) in [6.07, 6.45) is 2.23. The van der Waals surface area contributed by atoms with E-state index in [9.17, 15) is 4.79 Å². The number of rotatable bonds is 6. The van der Waals surface area contributed by atoms with Crippen LogP contribution >= 0.6 is 11.3 Å². The lowest BCUT2D eigenvalue weighted by atomic mass is 10.2. The molecule has 0 atom stereocenters. The zero-order chi connectivity index (χ0) is 16.9. The minimum atomic E-state index is -0.168. The number of nitrogens with zero attached hydrogens (tertiary/aromatic N) is 5. The highest BCUT2D eigenvalue weighted by Crippen LogP contribution is 2.22. The van der Waals surface area contributed by atoms with Crippen molar-refractivity contribution in [1.29, 1.82) is 0 Å². The van der Waals surface area contributed by atoms with Crippen molar-refractivity contribution in [2.24, 2.45) is 0 Å². The minimum Gasteiger partial charge on any atom is -0.339 e. The molecular formula is C15H16N6O2S. The molecule has 0 bridgehead atoms. The number of nitrogens with one attached hydrogen (secondary N) is 1. The Labute approximate surface area is 142 Å². The maximum absolute atomic E-state index is 12.0. The zero-order valence-corrected chi connectivity index (χ0v) is 14.1. The van der Waals surface area contributed by atoms with Gasteiger partial charge in [-0.2, -0.15) is 4.98 Å². The third kappa shape index (κ3) is 3.99. The molecule has 0 fully saturated rings. The Morgan fingerprint density at radius 1 is 1.33 bits per heavy atom. The maximum atomic E-state index is 12.0. The molecule has 3 heterocycles. The van der Waals surface area contributed by atoms with Crippen molar-refractivity contribution in [1.82, 2.24) is 25.3 Å². The number of carbonyl (C=O) groups excluding carboxylic acids is 1. The van der Waals surface area contributed by atoms with Crippen molar-refractivity contribution < 1.29 is 9.32 Å². The van der Waals surface area contributed by atoms with Crippen LogP contribution in [-0.2, 0) is 11.2 Å². The first-order valence-corrected chi connectivity index (χ1v) is 8.30. The first-order chi connectivity index (χ1) is 11.6. The Balaban J connectivity index is 1.54. The fourth-order valence-electron chi connectivity index (χ4n) is 1.88. The number of amides is 1. The highest BCUT2D eigenvalue weighted by atomic mass is 32.1. The van der Waals surface area contributed by atoms with Gasteiger partial charge in [0.15, 0.2) is 0 Å². The molecule has 3 aromatic rings. The van der Waals surface area contributed by atoms with E-state index in [1.54, 1.807) is 12.3 Å². The molecule has 0 saturated carbocycles. The fraction of sp³-hybridized carbons (Fsp3) is 0.333. The van der Waals surface area contributed by atoms with Crippen LogP contribution in [0, 0.1) is 0 Å². The number of pyridine rings is 1. The van der Waals surface area contributed by atoms with Crippen molar-refractivity contribution in [3.05, 3.63) is 35.3 Å². The lowest BCUT2D eigenvalue weighted by molar-refractivity contribution is -0.116. The molecule has 3 aromatic heterocycles. The average molecular weight is 344 g/mol. The Kier molecular flexibility index (Phi) is 4.90. The quantitative estimate of drug-likeness (QED) is 0.732. The van der Waals surface area contributed by atoms with Crippen LogP contribution in [0.15, 0.2) is 28.9 Å². The SMILES string of the molecule is CC(C)c1nnc(NC(=O)CCc2nc(-c3ccccn3)no2)s1. The molecule has 0 unspecified atom stereocenters. The van der Waals surface area contributed by atoms with E-state index in [-0.39, 0.29) is 18.2 Å². The molecule has 0 radical (unpaired) electrons. The van der Waals surface area contributed by atoms with Gasteiger partial charge in [0.25, 0.3) is 0 Å². The van der Waals surface area contributed by atoms with E-state index >= 15 is 0 Å². The van der Waals surface area contributed by atoms with E-state index in [4.69, 9.17) is 4.52 Å². The molecule has 0 aliphatic rings. The van der Waals surface area contributed by atoms with Gasteiger partial charge in [0.2, 0.25) is 22.8 Å². The second-order valence-electron chi connectivity index (χ2n) is 5.38. The van der Waals surface area contributed by atoms with Crippen molar-refractivity contribution in [2.45, 2.75) is 32.6 Å². The molecule has 24 heavy (non-hydrogen) atoms. The van der Waals surface area contributed by atoms with Crippen LogP contribution in [0.1, 0.15) is 37.1 Å². The lowest BCUT2D eigenvalue weighted by Gasteiger charge is -1.98. The Morgan fingerprint density at radius 2 is 2.21 bits per heavy atom. The van der Waals surface area contributed by atoms with Crippen molar-refractivity contribution >= 4 is 22.4 Å².